The van der Waals surface area contributed by atoms with Gasteiger partial charge in [0.2, 0.25) is 5.91 Å². The van der Waals surface area contributed by atoms with E-state index in [1.165, 1.54) is 0 Å². The number of hydrogen-bond donors (Lipinski definition) is 4. The molecule has 0 fully saturated rings. The lowest BCUT2D eigenvalue weighted by atomic mass is 9.97. The van der Waals surface area contributed by atoms with Crippen molar-refractivity contribution in [1.82, 2.24) is 10.6 Å². The molecule has 1 aliphatic rings. The van der Waals surface area contributed by atoms with E-state index >= 15 is 0 Å². The second kappa shape index (κ2) is 11.5. The summed E-state index contributed by atoms with van der Waals surface area (Å²) < 4.78 is 5.22. The number of nitrogens with one attached hydrogen (secondary N) is 2. The smallest absolute Gasteiger partial charge is 0.408 e. The third-order valence-electron chi connectivity index (χ3n) is 4.63. The van der Waals surface area contributed by atoms with Gasteiger partial charge in [0.1, 0.15) is 18.7 Å². The molecular weight excluding hydrogens is 404 g/mol. The van der Waals surface area contributed by atoms with Gasteiger partial charge in [-0.2, -0.15) is 0 Å². The second-order valence-electron chi connectivity index (χ2n) is 7.35. The van der Waals surface area contributed by atoms with Crippen LogP contribution in [0.2, 0.25) is 0 Å². The average Bonchev–Trinajstić information content (AvgIpc) is 2.71. The molecular formula is C22H26N2O7. The zero-order valence-electron chi connectivity index (χ0n) is 17.1. The molecule has 0 saturated carbocycles. The number of alkyl carbamates (subject to hydrolysis) is 1. The molecule has 4 N–H and O–H groups in total. The summed E-state index contributed by atoms with van der Waals surface area (Å²) >= 11 is 0. The highest BCUT2D eigenvalue weighted by atomic mass is 16.5. The summed E-state index contributed by atoms with van der Waals surface area (Å²) in [5.74, 6) is -3.33. The van der Waals surface area contributed by atoms with Gasteiger partial charge in [-0.05, 0) is 23.5 Å². The van der Waals surface area contributed by atoms with E-state index in [-0.39, 0.29) is 13.0 Å². The topological polar surface area (TPSA) is 142 Å². The van der Waals surface area contributed by atoms with E-state index in [4.69, 9.17) is 9.84 Å². The maximum atomic E-state index is 12.7. The van der Waals surface area contributed by atoms with Crippen molar-refractivity contribution in [3.8, 4) is 0 Å². The van der Waals surface area contributed by atoms with Gasteiger partial charge in [0.25, 0.3) is 0 Å². The average molecular weight is 430 g/mol. The van der Waals surface area contributed by atoms with Gasteiger partial charge in [-0.25, -0.2) is 9.59 Å². The fourth-order valence-electron chi connectivity index (χ4n) is 3.09. The van der Waals surface area contributed by atoms with Gasteiger partial charge in [0, 0.05) is 6.42 Å². The molecule has 1 unspecified atom stereocenters. The minimum absolute atomic E-state index is 0.0664. The number of rotatable bonds is 10. The number of carboxylic acid groups (broad SMARTS) is 2. The Balaban J connectivity index is 2.04. The molecule has 0 aliphatic heterocycles. The zero-order valence-corrected chi connectivity index (χ0v) is 17.1. The van der Waals surface area contributed by atoms with Crippen LogP contribution in [0.4, 0.5) is 4.79 Å². The molecule has 9 nitrogen and oxygen atoms in total. The minimum atomic E-state index is -1.62. The minimum Gasteiger partial charge on any atom is -0.481 e. The van der Waals surface area contributed by atoms with Gasteiger partial charge in [-0.3, -0.25) is 9.59 Å². The van der Waals surface area contributed by atoms with E-state index in [1.54, 1.807) is 30.3 Å². The number of carbonyl (C=O) groups excluding carboxylic acids is 2. The molecule has 0 spiro atoms. The molecule has 1 aliphatic carbocycles. The van der Waals surface area contributed by atoms with Gasteiger partial charge in [0.15, 0.2) is 0 Å². The summed E-state index contributed by atoms with van der Waals surface area (Å²) in [5, 5.41) is 22.7. The van der Waals surface area contributed by atoms with Crippen LogP contribution in [0.15, 0.2) is 54.1 Å². The first-order valence-corrected chi connectivity index (χ1v) is 9.83. The Morgan fingerprint density at radius 3 is 2.42 bits per heavy atom. The van der Waals surface area contributed by atoms with E-state index in [0.29, 0.717) is 5.92 Å². The van der Waals surface area contributed by atoms with Crippen LogP contribution in [0.1, 0.15) is 25.3 Å². The number of carbonyl (C=O) groups is 4. The van der Waals surface area contributed by atoms with Gasteiger partial charge in [-0.1, -0.05) is 55.5 Å². The fraction of sp³-hybridized carbons (Fsp3) is 0.364. The Kier molecular flexibility index (Phi) is 8.80. The van der Waals surface area contributed by atoms with Crippen molar-refractivity contribution < 1.29 is 34.1 Å². The standard InChI is InChI=1S/C22H26N2O7/c1-14-6-5-9-16(10-14)13-31-22(30)24-17(11-15-7-3-2-4-8-15)20(27)23-18(21(28)29)12-19(25)26/h2-9,14,17-18H,10-13H2,1H3,(H,23,27)(H,24,30)(H,25,26)(H,28,29)/t14?,17-,18-/m0/s1. The summed E-state index contributed by atoms with van der Waals surface area (Å²) in [4.78, 5) is 47.1. The lowest BCUT2D eigenvalue weighted by Gasteiger charge is -2.21. The van der Waals surface area contributed by atoms with E-state index < -0.39 is 42.4 Å². The van der Waals surface area contributed by atoms with E-state index in [1.807, 2.05) is 25.2 Å². The fourth-order valence-corrected chi connectivity index (χ4v) is 3.09. The Labute approximate surface area is 179 Å². The van der Waals surface area contributed by atoms with Crippen LogP contribution in [0.3, 0.4) is 0 Å². The number of hydrogen-bond acceptors (Lipinski definition) is 5. The van der Waals surface area contributed by atoms with Gasteiger partial charge < -0.3 is 25.6 Å². The van der Waals surface area contributed by atoms with Crippen molar-refractivity contribution >= 4 is 23.9 Å². The first-order valence-electron chi connectivity index (χ1n) is 9.83. The summed E-state index contributed by atoms with van der Waals surface area (Å²) in [6, 6.07) is 6.04. The van der Waals surface area contributed by atoms with Crippen molar-refractivity contribution in [3.05, 3.63) is 59.7 Å². The molecule has 0 aromatic heterocycles. The van der Waals surface area contributed by atoms with Crippen LogP contribution in [0.25, 0.3) is 0 Å². The number of ether oxygens (including phenoxy) is 1. The van der Waals surface area contributed by atoms with E-state index in [9.17, 15) is 24.3 Å². The molecule has 2 rings (SSSR count). The van der Waals surface area contributed by atoms with Crippen molar-refractivity contribution in [2.24, 2.45) is 5.92 Å². The van der Waals surface area contributed by atoms with Crippen LogP contribution < -0.4 is 10.6 Å². The summed E-state index contributed by atoms with van der Waals surface area (Å²) in [6.45, 7) is 2.11. The lowest BCUT2D eigenvalue weighted by molar-refractivity contribution is -0.147. The largest absolute Gasteiger partial charge is 0.481 e. The van der Waals surface area contributed by atoms with Gasteiger partial charge in [0.05, 0.1) is 6.42 Å². The van der Waals surface area contributed by atoms with Crippen molar-refractivity contribution in [1.29, 1.82) is 0 Å². The highest BCUT2D eigenvalue weighted by molar-refractivity contribution is 5.91. The summed E-state index contributed by atoms with van der Waals surface area (Å²) in [5.41, 5.74) is 1.66. The molecule has 0 radical (unpaired) electrons. The normalized spacial score (nSPS) is 17.1. The first-order chi connectivity index (χ1) is 14.7. The maximum Gasteiger partial charge on any atom is 0.408 e. The monoisotopic (exact) mass is 430 g/mol. The Bertz CT molecular complexity index is 864. The van der Waals surface area contributed by atoms with Crippen LogP contribution >= 0.6 is 0 Å². The quantitative estimate of drug-likeness (QED) is 0.444. The van der Waals surface area contributed by atoms with Crippen LogP contribution in [-0.4, -0.2) is 52.8 Å². The van der Waals surface area contributed by atoms with Crippen molar-refractivity contribution in [3.63, 3.8) is 0 Å². The first kappa shape index (κ1) is 23.7. The van der Waals surface area contributed by atoms with Crippen molar-refractivity contribution in [2.45, 2.75) is 38.3 Å². The summed E-state index contributed by atoms with van der Waals surface area (Å²) in [6.07, 6.45) is 5.01. The maximum absolute atomic E-state index is 12.7. The van der Waals surface area contributed by atoms with E-state index in [2.05, 4.69) is 10.6 Å². The summed E-state index contributed by atoms with van der Waals surface area (Å²) in [7, 11) is 0. The Morgan fingerprint density at radius 2 is 1.81 bits per heavy atom. The Morgan fingerprint density at radius 1 is 1.10 bits per heavy atom. The molecule has 2 amide bonds. The molecule has 31 heavy (non-hydrogen) atoms. The molecule has 1 aromatic carbocycles. The number of benzene rings is 1. The molecule has 3 atom stereocenters. The van der Waals surface area contributed by atoms with Gasteiger partial charge >= 0.3 is 18.0 Å². The number of carboxylic acids is 2. The van der Waals surface area contributed by atoms with Crippen LogP contribution in [-0.2, 0) is 25.5 Å². The SMILES string of the molecule is CC1C=CC=C(COC(=O)N[C@@H](Cc2ccccc2)C(=O)N[C@@H](CC(=O)O)C(=O)O)C1. The zero-order chi connectivity index (χ0) is 22.8. The van der Waals surface area contributed by atoms with Gasteiger partial charge in [-0.15, -0.1) is 0 Å². The van der Waals surface area contributed by atoms with Crippen LogP contribution in [0, 0.1) is 5.92 Å². The van der Waals surface area contributed by atoms with E-state index in [0.717, 1.165) is 17.6 Å². The molecule has 166 valence electrons. The highest BCUT2D eigenvalue weighted by Crippen LogP contribution is 2.18. The number of allylic oxidation sites excluding steroid dienone is 3. The predicted molar refractivity (Wildman–Crippen MR) is 111 cm³/mol. The Hall–Kier alpha value is -3.62. The van der Waals surface area contributed by atoms with Crippen molar-refractivity contribution in [2.75, 3.05) is 6.61 Å². The third kappa shape index (κ3) is 8.33. The lowest BCUT2D eigenvalue weighted by Crippen LogP contribution is -2.53. The predicted octanol–water partition coefficient (Wildman–Crippen LogP) is 1.89. The molecule has 0 saturated heterocycles. The van der Waals surface area contributed by atoms with Crippen LogP contribution in [0.5, 0.6) is 0 Å². The molecule has 0 heterocycles. The molecule has 1 aromatic rings. The second-order valence-corrected chi connectivity index (χ2v) is 7.35. The third-order valence-corrected chi connectivity index (χ3v) is 4.63. The molecule has 0 bridgehead atoms. The highest BCUT2D eigenvalue weighted by Gasteiger charge is 2.28. The molecule has 9 heteroatoms. The number of aliphatic carboxylic acids is 2. The number of amides is 2.